The molecule has 2 fully saturated rings. The Morgan fingerprint density at radius 3 is 2.75 bits per heavy atom. The molecule has 1 aromatic carbocycles. The Balaban J connectivity index is 1.79. The van der Waals surface area contributed by atoms with Gasteiger partial charge in [0.2, 0.25) is 5.91 Å². The highest BCUT2D eigenvalue weighted by Gasteiger charge is 2.44. The maximum Gasteiger partial charge on any atom is 0.229 e. The molecule has 3 rings (SSSR count). The molecule has 24 heavy (non-hydrogen) atoms. The average Bonchev–Trinajstić information content (AvgIpc) is 2.98. The number of nitrogens with one attached hydrogen (secondary N) is 1. The Kier molecular flexibility index (Phi) is 5.48. The lowest BCUT2D eigenvalue weighted by molar-refractivity contribution is -0.120. The van der Waals surface area contributed by atoms with Crippen LogP contribution in [-0.4, -0.2) is 51.0 Å². The highest BCUT2D eigenvalue weighted by Crippen LogP contribution is 2.37. The molecule has 0 saturated carbocycles. The molecule has 1 N–H and O–H groups in total. The van der Waals surface area contributed by atoms with Gasteiger partial charge in [-0.15, -0.1) is 0 Å². The molecule has 1 atom stereocenters. The summed E-state index contributed by atoms with van der Waals surface area (Å²) in [5.41, 5.74) is 0.590. The zero-order chi connectivity index (χ0) is 17.0. The van der Waals surface area contributed by atoms with Crippen LogP contribution in [0.1, 0.15) is 25.7 Å². The summed E-state index contributed by atoms with van der Waals surface area (Å²) < 4.78 is 24.4. The third kappa shape index (κ3) is 3.77. The van der Waals surface area contributed by atoms with Crippen LogP contribution in [0.15, 0.2) is 24.3 Å². The fourth-order valence-corrected chi connectivity index (χ4v) is 3.69. The maximum absolute atomic E-state index is 13.3. The van der Waals surface area contributed by atoms with Crippen LogP contribution in [0, 0.1) is 5.82 Å². The molecule has 0 radical (unpaired) electrons. The maximum atomic E-state index is 13.3. The number of ether oxygens (including phenoxy) is 2. The number of methoxy groups -OCH3 is 1. The number of hydrogen-bond donors (Lipinski definition) is 1. The standard InChI is InChI=1S/C18H25FN2O3/c1-23-11-6-17(22)21(15-4-2-14(19)3-5-15)16-12-18(24-13-16)7-9-20-10-8-18/h2-5,16,20H,6-13H2,1H3/t16-/m1/s1. The number of halogens is 1. The first-order chi connectivity index (χ1) is 11.6. The quantitative estimate of drug-likeness (QED) is 0.895. The highest BCUT2D eigenvalue weighted by molar-refractivity contribution is 5.94. The van der Waals surface area contributed by atoms with E-state index in [1.165, 1.54) is 12.1 Å². The molecule has 1 spiro atoms. The van der Waals surface area contributed by atoms with Gasteiger partial charge in [0.15, 0.2) is 0 Å². The largest absolute Gasteiger partial charge is 0.384 e. The first-order valence-electron chi connectivity index (χ1n) is 8.55. The van der Waals surface area contributed by atoms with Crippen molar-refractivity contribution in [3.63, 3.8) is 0 Å². The van der Waals surface area contributed by atoms with Crippen LogP contribution >= 0.6 is 0 Å². The second-order valence-electron chi connectivity index (χ2n) is 6.58. The third-order valence-electron chi connectivity index (χ3n) is 4.96. The van der Waals surface area contributed by atoms with Gasteiger partial charge in [0.05, 0.1) is 31.3 Å². The van der Waals surface area contributed by atoms with E-state index in [1.807, 2.05) is 0 Å². The number of carbonyl (C=O) groups is 1. The van der Waals surface area contributed by atoms with Crippen molar-refractivity contribution in [1.82, 2.24) is 5.32 Å². The minimum absolute atomic E-state index is 0.0111. The number of hydrogen-bond acceptors (Lipinski definition) is 4. The fourth-order valence-electron chi connectivity index (χ4n) is 3.69. The van der Waals surface area contributed by atoms with Crippen molar-refractivity contribution in [2.75, 3.05) is 38.3 Å². The summed E-state index contributed by atoms with van der Waals surface area (Å²) in [6.07, 6.45) is 3.06. The Morgan fingerprint density at radius 1 is 1.38 bits per heavy atom. The van der Waals surface area contributed by atoms with Gasteiger partial charge in [-0.3, -0.25) is 4.79 Å². The molecule has 1 amide bonds. The zero-order valence-corrected chi connectivity index (χ0v) is 14.1. The molecule has 2 aliphatic rings. The molecule has 1 aromatic rings. The molecule has 6 heteroatoms. The second-order valence-corrected chi connectivity index (χ2v) is 6.58. The van der Waals surface area contributed by atoms with Crippen molar-refractivity contribution in [3.05, 3.63) is 30.1 Å². The van der Waals surface area contributed by atoms with E-state index in [9.17, 15) is 9.18 Å². The molecule has 2 heterocycles. The van der Waals surface area contributed by atoms with Gasteiger partial charge in [-0.05, 0) is 56.6 Å². The molecule has 2 aliphatic heterocycles. The number of rotatable bonds is 5. The average molecular weight is 336 g/mol. The second kappa shape index (κ2) is 7.59. The Morgan fingerprint density at radius 2 is 2.08 bits per heavy atom. The zero-order valence-electron chi connectivity index (χ0n) is 14.1. The molecule has 5 nitrogen and oxygen atoms in total. The molecule has 0 bridgehead atoms. The summed E-state index contributed by atoms with van der Waals surface area (Å²) in [6.45, 7) is 2.79. The monoisotopic (exact) mass is 336 g/mol. The van der Waals surface area contributed by atoms with Gasteiger partial charge in [-0.1, -0.05) is 0 Å². The van der Waals surface area contributed by atoms with Crippen molar-refractivity contribution < 1.29 is 18.7 Å². The van der Waals surface area contributed by atoms with Crippen LogP contribution in [0.3, 0.4) is 0 Å². The van der Waals surface area contributed by atoms with Crippen LogP contribution in [0.25, 0.3) is 0 Å². The van der Waals surface area contributed by atoms with Crippen molar-refractivity contribution >= 4 is 11.6 Å². The molecule has 0 unspecified atom stereocenters. The number of carbonyl (C=O) groups excluding carboxylic acids is 1. The van der Waals surface area contributed by atoms with Crippen molar-refractivity contribution in [1.29, 1.82) is 0 Å². The summed E-state index contributed by atoms with van der Waals surface area (Å²) in [5.74, 6) is -0.316. The molecule has 132 valence electrons. The Bertz CT molecular complexity index is 558. The summed E-state index contributed by atoms with van der Waals surface area (Å²) in [4.78, 5) is 14.5. The first kappa shape index (κ1) is 17.3. The molecular weight excluding hydrogens is 311 g/mol. The number of nitrogens with zero attached hydrogens (tertiary/aromatic N) is 1. The van der Waals surface area contributed by atoms with Crippen LogP contribution in [0.4, 0.5) is 10.1 Å². The van der Waals surface area contributed by atoms with Crippen LogP contribution < -0.4 is 10.2 Å². The smallest absolute Gasteiger partial charge is 0.229 e. The van der Waals surface area contributed by atoms with E-state index in [0.29, 0.717) is 19.6 Å². The molecule has 0 aromatic heterocycles. The van der Waals surface area contributed by atoms with E-state index in [2.05, 4.69) is 5.32 Å². The van der Waals surface area contributed by atoms with Gasteiger partial charge in [-0.2, -0.15) is 0 Å². The minimum atomic E-state index is -0.305. The SMILES string of the molecule is COCCC(=O)N(c1ccc(F)cc1)[C@H]1COC2(CCNCC2)C1. The normalized spacial score (nSPS) is 22.7. The van der Waals surface area contributed by atoms with Gasteiger partial charge in [0.1, 0.15) is 5.82 Å². The van der Waals surface area contributed by atoms with Crippen LogP contribution in [-0.2, 0) is 14.3 Å². The Labute approximate surface area is 142 Å². The Hall–Kier alpha value is -1.50. The third-order valence-corrected chi connectivity index (χ3v) is 4.96. The van der Waals surface area contributed by atoms with Crippen molar-refractivity contribution in [3.8, 4) is 0 Å². The van der Waals surface area contributed by atoms with Crippen LogP contribution in [0.5, 0.6) is 0 Å². The number of anilines is 1. The van der Waals surface area contributed by atoms with Gasteiger partial charge >= 0.3 is 0 Å². The lowest BCUT2D eigenvalue weighted by Gasteiger charge is -2.34. The van der Waals surface area contributed by atoms with Gasteiger partial charge < -0.3 is 19.7 Å². The predicted octanol–water partition coefficient (Wildman–Crippen LogP) is 2.11. The topological polar surface area (TPSA) is 50.8 Å². The highest BCUT2D eigenvalue weighted by atomic mass is 19.1. The first-order valence-corrected chi connectivity index (χ1v) is 8.55. The number of piperidine rings is 1. The van der Waals surface area contributed by atoms with Crippen LogP contribution in [0.2, 0.25) is 0 Å². The summed E-state index contributed by atoms with van der Waals surface area (Å²) >= 11 is 0. The van der Waals surface area contributed by atoms with E-state index in [0.717, 1.165) is 38.0 Å². The number of benzene rings is 1. The fraction of sp³-hybridized carbons (Fsp3) is 0.611. The van der Waals surface area contributed by atoms with Crippen molar-refractivity contribution in [2.45, 2.75) is 37.3 Å². The van der Waals surface area contributed by atoms with Gasteiger partial charge in [0.25, 0.3) is 0 Å². The number of amides is 1. The molecular formula is C18H25FN2O3. The summed E-state index contributed by atoms with van der Waals surface area (Å²) in [7, 11) is 1.58. The predicted molar refractivity (Wildman–Crippen MR) is 89.6 cm³/mol. The minimum Gasteiger partial charge on any atom is -0.384 e. The van der Waals surface area contributed by atoms with E-state index in [4.69, 9.17) is 9.47 Å². The van der Waals surface area contributed by atoms with Gasteiger partial charge in [0, 0.05) is 12.8 Å². The summed E-state index contributed by atoms with van der Waals surface area (Å²) in [5, 5.41) is 3.35. The van der Waals surface area contributed by atoms with E-state index in [-0.39, 0.29) is 23.4 Å². The summed E-state index contributed by atoms with van der Waals surface area (Å²) in [6, 6.07) is 6.09. The lowest BCUT2D eigenvalue weighted by Crippen LogP contribution is -2.44. The molecule has 2 saturated heterocycles. The lowest BCUT2D eigenvalue weighted by atomic mass is 9.88. The van der Waals surface area contributed by atoms with Crippen molar-refractivity contribution in [2.24, 2.45) is 0 Å². The molecule has 0 aliphatic carbocycles. The van der Waals surface area contributed by atoms with E-state index < -0.39 is 0 Å². The van der Waals surface area contributed by atoms with E-state index >= 15 is 0 Å². The van der Waals surface area contributed by atoms with Gasteiger partial charge in [-0.25, -0.2) is 4.39 Å². The van der Waals surface area contributed by atoms with E-state index in [1.54, 1.807) is 24.1 Å².